The van der Waals surface area contributed by atoms with Gasteiger partial charge >= 0.3 is 0 Å². The van der Waals surface area contributed by atoms with Crippen LogP contribution in [0.2, 0.25) is 0 Å². The maximum atomic E-state index is 8.75. The Morgan fingerprint density at radius 2 is 1.86 bits per heavy atom. The van der Waals surface area contributed by atoms with E-state index in [1.807, 2.05) is 19.1 Å². The number of ether oxygens (including phenoxy) is 2. The Hall–Kier alpha value is -0.780. The van der Waals surface area contributed by atoms with Crippen LogP contribution in [-0.4, -0.2) is 31.5 Å². The zero-order valence-corrected chi connectivity index (χ0v) is 15.2. The van der Waals surface area contributed by atoms with Crippen molar-refractivity contribution >= 4 is 15.9 Å². The highest BCUT2D eigenvalue weighted by Crippen LogP contribution is 2.34. The number of hydrogen-bond donors (Lipinski definition) is 2. The highest BCUT2D eigenvalue weighted by atomic mass is 79.9. The minimum absolute atomic E-state index is 0.280. The molecule has 1 aromatic carbocycles. The maximum Gasteiger partial charge on any atom is 0.162 e. The summed E-state index contributed by atoms with van der Waals surface area (Å²) >= 11 is 3.61. The SMILES string of the molecule is CCCOc1cc(Br)c(CNCCCCCO)cc1OCC. The van der Waals surface area contributed by atoms with Crippen LogP contribution < -0.4 is 14.8 Å². The predicted octanol–water partition coefficient (Wildman–Crippen LogP) is 3.89. The van der Waals surface area contributed by atoms with Gasteiger partial charge < -0.3 is 19.9 Å². The summed E-state index contributed by atoms with van der Waals surface area (Å²) in [6.07, 6.45) is 3.98. The summed E-state index contributed by atoms with van der Waals surface area (Å²) in [5.41, 5.74) is 1.16. The first-order valence-corrected chi connectivity index (χ1v) is 8.91. The molecule has 4 nitrogen and oxygen atoms in total. The molecule has 0 radical (unpaired) electrons. The Kier molecular flexibility index (Phi) is 10.3. The third-order valence-electron chi connectivity index (χ3n) is 3.20. The molecule has 0 aliphatic heterocycles. The number of hydrogen-bond acceptors (Lipinski definition) is 4. The van der Waals surface area contributed by atoms with Crippen LogP contribution in [0, 0.1) is 0 Å². The van der Waals surface area contributed by atoms with Crippen LogP contribution in [0.1, 0.15) is 45.1 Å². The third-order valence-corrected chi connectivity index (χ3v) is 3.94. The molecule has 0 bridgehead atoms. The molecule has 0 unspecified atom stereocenters. The number of rotatable bonds is 12. The van der Waals surface area contributed by atoms with E-state index in [0.717, 1.165) is 60.3 Å². The first-order chi connectivity index (χ1) is 10.7. The van der Waals surface area contributed by atoms with Crippen LogP contribution in [0.4, 0.5) is 0 Å². The quantitative estimate of drug-likeness (QED) is 0.545. The molecular weight excluding hydrogens is 346 g/mol. The van der Waals surface area contributed by atoms with Gasteiger partial charge in [0, 0.05) is 17.6 Å². The molecule has 1 rings (SSSR count). The number of aliphatic hydroxyl groups excluding tert-OH is 1. The molecule has 2 N–H and O–H groups in total. The van der Waals surface area contributed by atoms with E-state index in [1.54, 1.807) is 0 Å². The van der Waals surface area contributed by atoms with E-state index in [1.165, 1.54) is 0 Å². The fraction of sp³-hybridized carbons (Fsp3) is 0.647. The lowest BCUT2D eigenvalue weighted by Crippen LogP contribution is -2.15. The van der Waals surface area contributed by atoms with Gasteiger partial charge in [0.1, 0.15) is 0 Å². The molecule has 22 heavy (non-hydrogen) atoms. The zero-order chi connectivity index (χ0) is 16.2. The molecule has 1 aromatic rings. The smallest absolute Gasteiger partial charge is 0.162 e. The van der Waals surface area contributed by atoms with Crippen molar-refractivity contribution in [2.75, 3.05) is 26.4 Å². The molecule has 0 spiro atoms. The van der Waals surface area contributed by atoms with Gasteiger partial charge in [0.25, 0.3) is 0 Å². The average Bonchev–Trinajstić information content (AvgIpc) is 2.52. The lowest BCUT2D eigenvalue weighted by atomic mass is 10.2. The van der Waals surface area contributed by atoms with E-state index < -0.39 is 0 Å². The number of halogens is 1. The van der Waals surface area contributed by atoms with E-state index in [0.29, 0.717) is 13.2 Å². The lowest BCUT2D eigenvalue weighted by molar-refractivity contribution is 0.276. The second-order valence-corrected chi connectivity index (χ2v) is 5.99. The number of nitrogens with one attached hydrogen (secondary N) is 1. The minimum atomic E-state index is 0.280. The largest absolute Gasteiger partial charge is 0.490 e. The molecule has 0 atom stereocenters. The van der Waals surface area contributed by atoms with Crippen molar-refractivity contribution in [2.24, 2.45) is 0 Å². The van der Waals surface area contributed by atoms with E-state index >= 15 is 0 Å². The predicted molar refractivity (Wildman–Crippen MR) is 93.7 cm³/mol. The Labute approximate surface area is 142 Å². The van der Waals surface area contributed by atoms with Gasteiger partial charge in [-0.1, -0.05) is 22.9 Å². The molecular formula is C17H28BrNO3. The van der Waals surface area contributed by atoms with Crippen molar-refractivity contribution in [3.05, 3.63) is 22.2 Å². The Bertz CT molecular complexity index is 427. The topological polar surface area (TPSA) is 50.7 Å². The summed E-state index contributed by atoms with van der Waals surface area (Å²) < 4.78 is 12.5. The van der Waals surface area contributed by atoms with Crippen molar-refractivity contribution in [2.45, 2.75) is 46.1 Å². The van der Waals surface area contributed by atoms with Gasteiger partial charge in [0.05, 0.1) is 13.2 Å². The Morgan fingerprint density at radius 3 is 2.55 bits per heavy atom. The molecule has 0 saturated heterocycles. The van der Waals surface area contributed by atoms with Crippen LogP contribution in [0.15, 0.2) is 16.6 Å². The molecule has 0 fully saturated rings. The van der Waals surface area contributed by atoms with Gasteiger partial charge in [-0.3, -0.25) is 0 Å². The van der Waals surface area contributed by atoms with Crippen molar-refractivity contribution in [1.82, 2.24) is 5.32 Å². The molecule has 0 saturated carbocycles. The van der Waals surface area contributed by atoms with Crippen molar-refractivity contribution < 1.29 is 14.6 Å². The van der Waals surface area contributed by atoms with E-state index in [2.05, 4.69) is 28.2 Å². The van der Waals surface area contributed by atoms with Gasteiger partial charge in [0.15, 0.2) is 11.5 Å². The highest BCUT2D eigenvalue weighted by molar-refractivity contribution is 9.10. The van der Waals surface area contributed by atoms with Gasteiger partial charge in [-0.15, -0.1) is 0 Å². The molecule has 126 valence electrons. The van der Waals surface area contributed by atoms with E-state index in [-0.39, 0.29) is 6.61 Å². The first-order valence-electron chi connectivity index (χ1n) is 8.12. The van der Waals surface area contributed by atoms with E-state index in [9.17, 15) is 0 Å². The Balaban J connectivity index is 2.60. The summed E-state index contributed by atoms with van der Waals surface area (Å²) in [5.74, 6) is 1.60. The number of aliphatic hydroxyl groups is 1. The van der Waals surface area contributed by atoms with Gasteiger partial charge in [-0.2, -0.15) is 0 Å². The normalized spacial score (nSPS) is 10.7. The molecule has 0 heterocycles. The molecule has 0 aromatic heterocycles. The number of unbranched alkanes of at least 4 members (excludes halogenated alkanes) is 2. The van der Waals surface area contributed by atoms with Crippen molar-refractivity contribution in [3.8, 4) is 11.5 Å². The molecule has 0 aliphatic carbocycles. The lowest BCUT2D eigenvalue weighted by Gasteiger charge is -2.15. The molecule has 5 heteroatoms. The summed E-state index contributed by atoms with van der Waals surface area (Å²) in [6, 6.07) is 4.03. The fourth-order valence-corrected chi connectivity index (χ4v) is 2.53. The van der Waals surface area contributed by atoms with Crippen LogP contribution in [-0.2, 0) is 6.54 Å². The number of benzene rings is 1. The second-order valence-electron chi connectivity index (χ2n) is 5.13. The fourth-order valence-electron chi connectivity index (χ4n) is 2.07. The second kappa shape index (κ2) is 11.7. The average molecular weight is 374 g/mol. The maximum absolute atomic E-state index is 8.75. The van der Waals surface area contributed by atoms with Gasteiger partial charge in [-0.05, 0) is 56.8 Å². The summed E-state index contributed by atoms with van der Waals surface area (Å²) in [6.45, 7) is 7.39. The van der Waals surface area contributed by atoms with Gasteiger partial charge in [0.2, 0.25) is 0 Å². The van der Waals surface area contributed by atoms with Crippen molar-refractivity contribution in [1.29, 1.82) is 0 Å². The Morgan fingerprint density at radius 1 is 1.09 bits per heavy atom. The van der Waals surface area contributed by atoms with Crippen molar-refractivity contribution in [3.63, 3.8) is 0 Å². The van der Waals surface area contributed by atoms with Crippen LogP contribution in [0.3, 0.4) is 0 Å². The minimum Gasteiger partial charge on any atom is -0.490 e. The molecule has 0 aliphatic rings. The molecule has 0 amide bonds. The zero-order valence-electron chi connectivity index (χ0n) is 13.7. The van der Waals surface area contributed by atoms with E-state index in [4.69, 9.17) is 14.6 Å². The first kappa shape index (κ1) is 19.3. The summed E-state index contributed by atoms with van der Waals surface area (Å²) in [4.78, 5) is 0. The highest BCUT2D eigenvalue weighted by Gasteiger charge is 2.10. The standard InChI is InChI=1S/C17H28BrNO3/c1-3-10-22-17-12-15(18)14(11-16(17)21-4-2)13-19-8-6-5-7-9-20/h11-12,19-20H,3-10,13H2,1-2H3. The van der Waals surface area contributed by atoms with Crippen LogP contribution in [0.25, 0.3) is 0 Å². The third kappa shape index (κ3) is 6.99. The summed E-state index contributed by atoms with van der Waals surface area (Å²) in [5, 5.41) is 12.2. The van der Waals surface area contributed by atoms with Gasteiger partial charge in [-0.25, -0.2) is 0 Å². The summed E-state index contributed by atoms with van der Waals surface area (Å²) in [7, 11) is 0. The van der Waals surface area contributed by atoms with Crippen LogP contribution in [0.5, 0.6) is 11.5 Å². The van der Waals surface area contributed by atoms with Crippen LogP contribution >= 0.6 is 15.9 Å². The monoisotopic (exact) mass is 373 g/mol.